The molecule has 1 N–H and O–H groups in total. The molecule has 2 aromatic rings. The van der Waals surface area contributed by atoms with E-state index in [1.165, 1.54) is 22.4 Å². The van der Waals surface area contributed by atoms with E-state index in [2.05, 4.69) is 70.0 Å². The maximum absolute atomic E-state index is 4.59. The molecule has 1 heterocycles. The van der Waals surface area contributed by atoms with E-state index in [1.807, 2.05) is 14.0 Å². The number of hydrogen-bond donors (Lipinski definition) is 1. The Hall–Kier alpha value is -1.13. The molecule has 0 fully saturated rings. The Kier molecular flexibility index (Phi) is 5.22. The first-order valence-corrected chi connectivity index (χ1v) is 8.23. The fourth-order valence-electron chi connectivity index (χ4n) is 2.76. The van der Waals surface area contributed by atoms with Crippen LogP contribution < -0.4 is 5.32 Å². The second kappa shape index (κ2) is 6.75. The lowest BCUT2D eigenvalue weighted by atomic mass is 9.95. The highest BCUT2D eigenvalue weighted by atomic mass is 79.9. The number of halogens is 1. The first-order chi connectivity index (χ1) is 9.97. The maximum Gasteiger partial charge on any atom is 0.0738 e. The van der Waals surface area contributed by atoms with Crippen LogP contribution in [0.5, 0.6) is 0 Å². The van der Waals surface area contributed by atoms with Gasteiger partial charge in [-0.25, -0.2) is 0 Å². The maximum atomic E-state index is 4.59. The van der Waals surface area contributed by atoms with Crippen LogP contribution >= 0.6 is 15.9 Å². The normalized spacial score (nSPS) is 12.7. The van der Waals surface area contributed by atoms with Crippen LogP contribution in [0.25, 0.3) is 0 Å². The molecule has 0 saturated heterocycles. The zero-order valence-electron chi connectivity index (χ0n) is 13.5. The molecule has 0 aliphatic heterocycles. The molecule has 21 heavy (non-hydrogen) atoms. The summed E-state index contributed by atoms with van der Waals surface area (Å²) >= 11 is 3.69. The molecule has 1 aromatic carbocycles. The van der Waals surface area contributed by atoms with Gasteiger partial charge in [-0.05, 0) is 61.8 Å². The Balaban J connectivity index is 2.38. The lowest BCUT2D eigenvalue weighted by Crippen LogP contribution is -2.21. The summed E-state index contributed by atoms with van der Waals surface area (Å²) in [7, 11) is 2.03. The first kappa shape index (κ1) is 16.2. The van der Waals surface area contributed by atoms with Crippen LogP contribution in [0.15, 0.2) is 22.7 Å². The van der Waals surface area contributed by atoms with Gasteiger partial charge in [-0.2, -0.15) is 5.10 Å². The van der Waals surface area contributed by atoms with Crippen molar-refractivity contribution in [2.24, 2.45) is 0 Å². The average Bonchev–Trinajstić information content (AvgIpc) is 2.74. The molecule has 0 bridgehead atoms. The minimum absolute atomic E-state index is 0.294. The second-order valence-corrected chi connectivity index (χ2v) is 6.36. The Morgan fingerprint density at radius 1 is 1.29 bits per heavy atom. The van der Waals surface area contributed by atoms with Gasteiger partial charge in [0, 0.05) is 19.0 Å². The molecule has 1 atom stereocenters. The van der Waals surface area contributed by atoms with Crippen molar-refractivity contribution >= 4 is 15.9 Å². The van der Waals surface area contributed by atoms with E-state index in [1.54, 1.807) is 0 Å². The van der Waals surface area contributed by atoms with Crippen molar-refractivity contribution in [3.8, 4) is 0 Å². The summed E-state index contributed by atoms with van der Waals surface area (Å²) in [6, 6.07) is 6.95. The summed E-state index contributed by atoms with van der Waals surface area (Å²) in [5, 5.41) is 8.05. The van der Waals surface area contributed by atoms with Gasteiger partial charge in [0.2, 0.25) is 0 Å². The van der Waals surface area contributed by atoms with Crippen molar-refractivity contribution in [1.29, 1.82) is 0 Å². The number of aryl methyl sites for hydroxylation is 4. The molecule has 4 heteroatoms. The summed E-state index contributed by atoms with van der Waals surface area (Å²) in [4.78, 5) is 0. The van der Waals surface area contributed by atoms with E-state index >= 15 is 0 Å². The fraction of sp³-hybridized carbons (Fsp3) is 0.471. The number of rotatable bonds is 5. The molecule has 3 nitrogen and oxygen atoms in total. The number of nitrogens with one attached hydrogen (secondary N) is 1. The van der Waals surface area contributed by atoms with Crippen LogP contribution in [0.1, 0.15) is 41.0 Å². The summed E-state index contributed by atoms with van der Waals surface area (Å²) in [5.41, 5.74) is 6.31. The third-order valence-electron chi connectivity index (χ3n) is 4.01. The first-order valence-electron chi connectivity index (χ1n) is 7.44. The molecule has 1 unspecified atom stereocenters. The average molecular weight is 350 g/mol. The number of likely N-dealkylation sites (N-methyl/N-ethyl adjacent to an activating group) is 1. The molecule has 0 aliphatic rings. The van der Waals surface area contributed by atoms with Crippen LogP contribution in [0.4, 0.5) is 0 Å². The molecule has 0 amide bonds. The van der Waals surface area contributed by atoms with Gasteiger partial charge in [-0.1, -0.05) is 23.8 Å². The summed E-state index contributed by atoms with van der Waals surface area (Å²) < 4.78 is 3.23. The summed E-state index contributed by atoms with van der Waals surface area (Å²) in [5.74, 6) is 0. The van der Waals surface area contributed by atoms with Crippen molar-refractivity contribution in [3.05, 3.63) is 50.8 Å². The predicted octanol–water partition coefficient (Wildman–Crippen LogP) is 4.09. The Labute approximate surface area is 135 Å². The molecule has 0 saturated carbocycles. The van der Waals surface area contributed by atoms with Crippen molar-refractivity contribution in [1.82, 2.24) is 15.1 Å². The van der Waals surface area contributed by atoms with E-state index in [-0.39, 0.29) is 0 Å². The fourth-order valence-corrected chi connectivity index (χ4v) is 3.21. The van der Waals surface area contributed by atoms with Crippen LogP contribution in [0.2, 0.25) is 0 Å². The highest BCUT2D eigenvalue weighted by Crippen LogP contribution is 2.28. The van der Waals surface area contributed by atoms with Crippen LogP contribution in [-0.2, 0) is 13.0 Å². The Morgan fingerprint density at radius 3 is 2.62 bits per heavy atom. The van der Waals surface area contributed by atoms with Gasteiger partial charge in [-0.15, -0.1) is 0 Å². The topological polar surface area (TPSA) is 29.9 Å². The minimum Gasteiger partial charge on any atom is -0.313 e. The lowest BCUT2D eigenvalue weighted by Gasteiger charge is -2.20. The van der Waals surface area contributed by atoms with E-state index in [4.69, 9.17) is 0 Å². The highest BCUT2D eigenvalue weighted by Gasteiger charge is 2.19. The molecule has 0 radical (unpaired) electrons. The standard InChI is InChI=1S/C17H24BrN3/c1-6-21-16(17(18)13(4)20-21)10-15(19-5)14-9-11(2)7-8-12(14)3/h7-9,15,19H,6,10H2,1-5H3. The van der Waals surface area contributed by atoms with Gasteiger partial charge in [0.1, 0.15) is 0 Å². The molecule has 0 aliphatic carbocycles. The molecule has 2 rings (SSSR count). The Bertz CT molecular complexity index is 631. The SMILES string of the molecule is CCn1nc(C)c(Br)c1CC(NC)c1cc(C)ccc1C. The van der Waals surface area contributed by atoms with Gasteiger partial charge in [-0.3, -0.25) is 4.68 Å². The zero-order valence-corrected chi connectivity index (χ0v) is 15.1. The van der Waals surface area contributed by atoms with Gasteiger partial charge < -0.3 is 5.32 Å². The van der Waals surface area contributed by atoms with E-state index < -0.39 is 0 Å². The van der Waals surface area contributed by atoms with Crippen LogP contribution in [-0.4, -0.2) is 16.8 Å². The van der Waals surface area contributed by atoms with Gasteiger partial charge in [0.05, 0.1) is 15.9 Å². The van der Waals surface area contributed by atoms with E-state index in [9.17, 15) is 0 Å². The molecule has 0 spiro atoms. The van der Waals surface area contributed by atoms with Crippen molar-refractivity contribution < 1.29 is 0 Å². The van der Waals surface area contributed by atoms with Crippen LogP contribution in [0.3, 0.4) is 0 Å². The minimum atomic E-state index is 0.294. The third kappa shape index (κ3) is 3.38. The van der Waals surface area contributed by atoms with Crippen molar-refractivity contribution in [3.63, 3.8) is 0 Å². The highest BCUT2D eigenvalue weighted by molar-refractivity contribution is 9.10. The van der Waals surface area contributed by atoms with Gasteiger partial charge in [0.25, 0.3) is 0 Å². The molecule has 1 aromatic heterocycles. The van der Waals surface area contributed by atoms with Crippen LogP contribution in [0, 0.1) is 20.8 Å². The summed E-state index contributed by atoms with van der Waals surface area (Å²) in [6.45, 7) is 9.40. The van der Waals surface area contributed by atoms with Crippen molar-refractivity contribution in [2.45, 2.75) is 46.7 Å². The smallest absolute Gasteiger partial charge is 0.0738 e. The molecular weight excluding hydrogens is 326 g/mol. The number of benzene rings is 1. The number of hydrogen-bond acceptors (Lipinski definition) is 2. The number of aromatic nitrogens is 2. The zero-order chi connectivity index (χ0) is 15.6. The van der Waals surface area contributed by atoms with Crippen molar-refractivity contribution in [2.75, 3.05) is 7.05 Å². The monoisotopic (exact) mass is 349 g/mol. The third-order valence-corrected chi connectivity index (χ3v) is 5.04. The van der Waals surface area contributed by atoms with Gasteiger partial charge in [0.15, 0.2) is 0 Å². The number of nitrogens with zero attached hydrogens (tertiary/aromatic N) is 2. The molecule has 114 valence electrons. The second-order valence-electron chi connectivity index (χ2n) is 5.57. The quantitative estimate of drug-likeness (QED) is 0.880. The summed E-state index contributed by atoms with van der Waals surface area (Å²) in [6.07, 6.45) is 0.927. The largest absolute Gasteiger partial charge is 0.313 e. The molecular formula is C17H24BrN3. The van der Waals surface area contributed by atoms with Gasteiger partial charge >= 0.3 is 0 Å². The lowest BCUT2D eigenvalue weighted by molar-refractivity contribution is 0.538. The predicted molar refractivity (Wildman–Crippen MR) is 91.8 cm³/mol. The van der Waals surface area contributed by atoms with E-state index in [0.29, 0.717) is 6.04 Å². The Morgan fingerprint density at radius 2 is 2.00 bits per heavy atom. The van der Waals surface area contributed by atoms with E-state index in [0.717, 1.165) is 23.1 Å².